The number of thiophene rings is 1. The third-order valence-electron chi connectivity index (χ3n) is 1.86. The van der Waals surface area contributed by atoms with E-state index in [1.54, 1.807) is 11.3 Å². The molecule has 13 heavy (non-hydrogen) atoms. The lowest BCUT2D eigenvalue weighted by Gasteiger charge is -2.03. The van der Waals surface area contributed by atoms with Crippen LogP contribution >= 0.6 is 54.8 Å². The summed E-state index contributed by atoms with van der Waals surface area (Å²) in [5.74, 6) is 0. The molecule has 0 amide bonds. The van der Waals surface area contributed by atoms with Crippen LogP contribution in [0.5, 0.6) is 0 Å². The first kappa shape index (κ1) is 9.97. The lowest BCUT2D eigenvalue weighted by Crippen LogP contribution is -1.81. The van der Waals surface area contributed by atoms with Crippen molar-refractivity contribution in [2.24, 2.45) is 0 Å². The van der Waals surface area contributed by atoms with Gasteiger partial charge in [-0.25, -0.2) is 0 Å². The van der Waals surface area contributed by atoms with Gasteiger partial charge in [0.05, 0.1) is 5.02 Å². The van der Waals surface area contributed by atoms with E-state index >= 15 is 0 Å². The molecule has 0 aliphatic rings. The Kier molecular flexibility index (Phi) is 2.98. The van der Waals surface area contributed by atoms with Gasteiger partial charge in [-0.2, -0.15) is 0 Å². The molecule has 1 heterocycles. The molecule has 2 aromatic rings. The van der Waals surface area contributed by atoms with Gasteiger partial charge in [0.25, 0.3) is 0 Å². The number of benzene rings is 1. The Balaban J connectivity index is 2.83. The molecule has 68 valence electrons. The SMILES string of the molecule is Clc1c(CBr)cc2sccc2c1Br. The molecule has 0 fully saturated rings. The number of halogens is 3. The van der Waals surface area contributed by atoms with Crippen LogP contribution in [0.2, 0.25) is 5.02 Å². The minimum Gasteiger partial charge on any atom is -0.144 e. The Bertz CT molecular complexity index is 450. The van der Waals surface area contributed by atoms with Gasteiger partial charge >= 0.3 is 0 Å². The van der Waals surface area contributed by atoms with E-state index in [-0.39, 0.29) is 0 Å². The van der Waals surface area contributed by atoms with Crippen LogP contribution in [0, 0.1) is 0 Å². The predicted octanol–water partition coefficient (Wildman–Crippen LogP) is 5.21. The van der Waals surface area contributed by atoms with E-state index in [1.165, 1.54) is 10.1 Å². The summed E-state index contributed by atoms with van der Waals surface area (Å²) in [7, 11) is 0. The van der Waals surface area contributed by atoms with Crippen LogP contribution in [0.4, 0.5) is 0 Å². The summed E-state index contributed by atoms with van der Waals surface area (Å²) in [6.07, 6.45) is 0. The normalized spacial score (nSPS) is 11.0. The highest BCUT2D eigenvalue weighted by atomic mass is 79.9. The Morgan fingerprint density at radius 3 is 2.92 bits per heavy atom. The van der Waals surface area contributed by atoms with Crippen molar-refractivity contribution in [2.75, 3.05) is 0 Å². The van der Waals surface area contributed by atoms with Crippen molar-refractivity contribution in [1.29, 1.82) is 0 Å². The lowest BCUT2D eigenvalue weighted by molar-refractivity contribution is 1.46. The van der Waals surface area contributed by atoms with Crippen molar-refractivity contribution in [3.05, 3.63) is 32.6 Å². The molecule has 2 rings (SSSR count). The van der Waals surface area contributed by atoms with Crippen LogP contribution in [-0.4, -0.2) is 0 Å². The number of hydrogen-bond acceptors (Lipinski definition) is 1. The molecule has 0 radical (unpaired) electrons. The van der Waals surface area contributed by atoms with Gasteiger partial charge in [0.1, 0.15) is 0 Å². The van der Waals surface area contributed by atoms with E-state index in [0.29, 0.717) is 0 Å². The Morgan fingerprint density at radius 1 is 1.46 bits per heavy atom. The van der Waals surface area contributed by atoms with Gasteiger partial charge in [-0.05, 0) is 39.0 Å². The van der Waals surface area contributed by atoms with E-state index in [1.807, 2.05) is 0 Å². The zero-order chi connectivity index (χ0) is 9.42. The van der Waals surface area contributed by atoms with Gasteiger partial charge in [-0.15, -0.1) is 11.3 Å². The highest BCUT2D eigenvalue weighted by molar-refractivity contribution is 9.10. The lowest BCUT2D eigenvalue weighted by atomic mass is 10.2. The van der Waals surface area contributed by atoms with Crippen molar-refractivity contribution in [2.45, 2.75) is 5.33 Å². The topological polar surface area (TPSA) is 0 Å². The predicted molar refractivity (Wildman–Crippen MR) is 67.2 cm³/mol. The van der Waals surface area contributed by atoms with Gasteiger partial charge in [0.2, 0.25) is 0 Å². The minimum absolute atomic E-state index is 0.790. The smallest absolute Gasteiger partial charge is 0.0595 e. The van der Waals surface area contributed by atoms with Crippen LogP contribution < -0.4 is 0 Å². The third-order valence-corrected chi connectivity index (χ3v) is 4.81. The molecule has 0 unspecified atom stereocenters. The molecule has 0 aliphatic heterocycles. The van der Waals surface area contributed by atoms with E-state index in [4.69, 9.17) is 11.6 Å². The molecular weight excluding hydrogens is 335 g/mol. The van der Waals surface area contributed by atoms with Crippen LogP contribution in [0.25, 0.3) is 10.1 Å². The average molecular weight is 340 g/mol. The van der Waals surface area contributed by atoms with Crippen molar-refractivity contribution < 1.29 is 0 Å². The Morgan fingerprint density at radius 2 is 2.23 bits per heavy atom. The second-order valence-electron chi connectivity index (χ2n) is 2.63. The zero-order valence-corrected chi connectivity index (χ0v) is 11.2. The fraction of sp³-hybridized carbons (Fsp3) is 0.111. The summed E-state index contributed by atoms with van der Waals surface area (Å²) in [5, 5.41) is 4.87. The highest BCUT2D eigenvalue weighted by Gasteiger charge is 2.09. The quantitative estimate of drug-likeness (QED) is 0.625. The van der Waals surface area contributed by atoms with Crippen molar-refractivity contribution >= 4 is 64.9 Å². The maximum atomic E-state index is 6.16. The first-order valence-corrected chi connectivity index (χ1v) is 6.81. The summed E-state index contributed by atoms with van der Waals surface area (Å²) in [4.78, 5) is 0. The first-order valence-electron chi connectivity index (χ1n) is 3.64. The van der Waals surface area contributed by atoms with Crippen LogP contribution in [0.1, 0.15) is 5.56 Å². The van der Waals surface area contributed by atoms with Crippen LogP contribution in [0.3, 0.4) is 0 Å². The minimum atomic E-state index is 0.790. The van der Waals surface area contributed by atoms with Gasteiger partial charge in [-0.3, -0.25) is 0 Å². The summed E-state index contributed by atoms with van der Waals surface area (Å²) in [6, 6.07) is 4.20. The summed E-state index contributed by atoms with van der Waals surface area (Å²) >= 11 is 14.8. The first-order chi connectivity index (χ1) is 6.24. The largest absolute Gasteiger partial charge is 0.144 e. The second kappa shape index (κ2) is 3.89. The molecule has 0 saturated carbocycles. The highest BCUT2D eigenvalue weighted by Crippen LogP contribution is 2.37. The van der Waals surface area contributed by atoms with Crippen molar-refractivity contribution in [3.63, 3.8) is 0 Å². The van der Waals surface area contributed by atoms with E-state index < -0.39 is 0 Å². The molecular formula is C9H5Br2ClS. The molecule has 0 spiro atoms. The van der Waals surface area contributed by atoms with E-state index in [0.717, 1.165) is 20.4 Å². The number of rotatable bonds is 1. The number of alkyl halides is 1. The fourth-order valence-electron chi connectivity index (χ4n) is 1.19. The molecule has 0 N–H and O–H groups in total. The summed E-state index contributed by atoms with van der Waals surface area (Å²) in [6.45, 7) is 0. The molecule has 1 aromatic carbocycles. The molecule has 0 bridgehead atoms. The molecule has 1 aromatic heterocycles. The average Bonchev–Trinajstić information content (AvgIpc) is 2.59. The van der Waals surface area contributed by atoms with Gasteiger partial charge < -0.3 is 0 Å². The van der Waals surface area contributed by atoms with Gasteiger partial charge in [0.15, 0.2) is 0 Å². The van der Waals surface area contributed by atoms with Crippen molar-refractivity contribution in [1.82, 2.24) is 0 Å². The third kappa shape index (κ3) is 1.67. The monoisotopic (exact) mass is 338 g/mol. The van der Waals surface area contributed by atoms with Crippen LogP contribution in [-0.2, 0) is 5.33 Å². The standard InChI is InChI=1S/C9H5Br2ClS/c10-4-5-3-7-6(1-2-13-7)8(11)9(5)12/h1-3H,4H2. The molecule has 0 nitrogen and oxygen atoms in total. The zero-order valence-electron chi connectivity index (χ0n) is 6.48. The number of fused-ring (bicyclic) bond motifs is 1. The molecule has 0 saturated heterocycles. The van der Waals surface area contributed by atoms with Gasteiger partial charge in [0, 0.05) is 19.9 Å². The Hall–Kier alpha value is 0.430. The molecule has 4 heteroatoms. The second-order valence-corrected chi connectivity index (χ2v) is 5.31. The van der Waals surface area contributed by atoms with E-state index in [2.05, 4.69) is 49.4 Å². The van der Waals surface area contributed by atoms with Gasteiger partial charge in [-0.1, -0.05) is 27.5 Å². The maximum Gasteiger partial charge on any atom is 0.0595 e. The molecule has 0 atom stereocenters. The van der Waals surface area contributed by atoms with Crippen LogP contribution in [0.15, 0.2) is 22.0 Å². The van der Waals surface area contributed by atoms with Crippen molar-refractivity contribution in [3.8, 4) is 0 Å². The summed E-state index contributed by atoms with van der Waals surface area (Å²) in [5.41, 5.74) is 1.13. The molecule has 0 aliphatic carbocycles. The van der Waals surface area contributed by atoms with E-state index in [9.17, 15) is 0 Å². The Labute approximate surface area is 102 Å². The fourth-order valence-corrected chi connectivity index (χ4v) is 3.61. The summed E-state index contributed by atoms with van der Waals surface area (Å²) < 4.78 is 2.27. The maximum absolute atomic E-state index is 6.16. The number of hydrogen-bond donors (Lipinski definition) is 0.